The lowest BCUT2D eigenvalue weighted by Gasteiger charge is -2.30. The van der Waals surface area contributed by atoms with Gasteiger partial charge < -0.3 is 4.52 Å². The van der Waals surface area contributed by atoms with E-state index < -0.39 is 28.6 Å². The van der Waals surface area contributed by atoms with Gasteiger partial charge in [-0.05, 0) is 43.0 Å². The van der Waals surface area contributed by atoms with Gasteiger partial charge in [-0.25, -0.2) is 4.39 Å². The van der Waals surface area contributed by atoms with Gasteiger partial charge in [0, 0.05) is 34.7 Å². The standard InChI is InChI=1S/C23H14Cl2F7NO2/c24-16-6-3-12(8-15(16)19(34)7-11-1-2-11)18-10-20(35-33-18)14-5-4-13(9-17(14)25)21(26,22(27,28)29)23(30,31)32/h3-6,8-11H,1-2,7H2. The van der Waals surface area contributed by atoms with E-state index in [1.165, 1.54) is 18.2 Å². The Morgan fingerprint density at radius 3 is 2.14 bits per heavy atom. The molecule has 0 atom stereocenters. The number of halogens is 9. The highest BCUT2D eigenvalue weighted by molar-refractivity contribution is 6.34. The van der Waals surface area contributed by atoms with Crippen molar-refractivity contribution in [2.75, 3.05) is 0 Å². The number of alkyl halides is 7. The molecule has 35 heavy (non-hydrogen) atoms. The fourth-order valence-corrected chi connectivity index (χ4v) is 4.04. The Bertz CT molecular complexity index is 1270. The van der Waals surface area contributed by atoms with Crippen LogP contribution in [0.25, 0.3) is 22.6 Å². The number of benzene rings is 2. The summed E-state index contributed by atoms with van der Waals surface area (Å²) in [5.74, 6) is 0.107. The van der Waals surface area contributed by atoms with Crippen molar-refractivity contribution in [1.29, 1.82) is 0 Å². The average Bonchev–Trinajstić information content (AvgIpc) is 3.44. The van der Waals surface area contributed by atoms with Crippen molar-refractivity contribution in [1.82, 2.24) is 5.16 Å². The first kappa shape index (κ1) is 25.5. The third-order valence-corrected chi connectivity index (χ3v) is 6.30. The Hall–Kier alpha value is -2.59. The van der Waals surface area contributed by atoms with Crippen LogP contribution in [0.4, 0.5) is 30.7 Å². The maximum absolute atomic E-state index is 14.3. The van der Waals surface area contributed by atoms with E-state index in [-0.39, 0.29) is 33.9 Å². The van der Waals surface area contributed by atoms with Crippen LogP contribution >= 0.6 is 23.2 Å². The van der Waals surface area contributed by atoms with Gasteiger partial charge in [-0.3, -0.25) is 4.79 Å². The normalized spacial score (nSPS) is 14.9. The van der Waals surface area contributed by atoms with E-state index in [4.69, 9.17) is 27.7 Å². The summed E-state index contributed by atoms with van der Waals surface area (Å²) in [7, 11) is 0. The topological polar surface area (TPSA) is 43.1 Å². The first-order chi connectivity index (χ1) is 16.2. The molecule has 1 heterocycles. The number of hydrogen-bond acceptors (Lipinski definition) is 3. The Morgan fingerprint density at radius 1 is 0.914 bits per heavy atom. The summed E-state index contributed by atoms with van der Waals surface area (Å²) >= 11 is 12.1. The van der Waals surface area contributed by atoms with Gasteiger partial charge in [0.15, 0.2) is 11.5 Å². The summed E-state index contributed by atoms with van der Waals surface area (Å²) in [6, 6.07) is 7.27. The van der Waals surface area contributed by atoms with E-state index in [0.29, 0.717) is 29.5 Å². The first-order valence-corrected chi connectivity index (χ1v) is 10.9. The fraction of sp³-hybridized carbons (Fsp3) is 0.304. The second kappa shape index (κ2) is 8.81. The molecule has 1 aliphatic rings. The van der Waals surface area contributed by atoms with Crippen LogP contribution < -0.4 is 0 Å². The quantitative estimate of drug-likeness (QED) is 0.232. The molecular formula is C23H14Cl2F7NO2. The average molecular weight is 540 g/mol. The number of nitrogens with zero attached hydrogens (tertiary/aromatic N) is 1. The Balaban J connectivity index is 1.66. The highest BCUT2D eigenvalue weighted by Crippen LogP contribution is 2.54. The lowest BCUT2D eigenvalue weighted by molar-refractivity contribution is -0.348. The second-order valence-corrected chi connectivity index (χ2v) is 9.00. The van der Waals surface area contributed by atoms with E-state index in [0.717, 1.165) is 18.9 Å². The summed E-state index contributed by atoms with van der Waals surface area (Å²) in [4.78, 5) is 12.5. The minimum Gasteiger partial charge on any atom is -0.356 e. The molecule has 0 amide bonds. The molecule has 1 aromatic heterocycles. The lowest BCUT2D eigenvalue weighted by Crippen LogP contribution is -2.50. The monoisotopic (exact) mass is 539 g/mol. The Morgan fingerprint density at radius 2 is 1.57 bits per heavy atom. The molecule has 3 nitrogen and oxygen atoms in total. The number of aromatic nitrogens is 1. The summed E-state index contributed by atoms with van der Waals surface area (Å²) in [6.45, 7) is 0. The minimum atomic E-state index is -6.27. The minimum absolute atomic E-state index is 0.0965. The molecule has 0 unspecified atom stereocenters. The summed E-state index contributed by atoms with van der Waals surface area (Å²) in [5.41, 5.74) is -6.50. The number of rotatable bonds is 6. The molecule has 0 spiro atoms. The van der Waals surface area contributed by atoms with E-state index >= 15 is 0 Å². The Labute approximate surface area is 203 Å². The predicted octanol–water partition coefficient (Wildman–Crippen LogP) is 8.59. The molecular weight excluding hydrogens is 526 g/mol. The van der Waals surface area contributed by atoms with Crippen LogP contribution in [-0.2, 0) is 5.67 Å². The largest absolute Gasteiger partial charge is 0.435 e. The molecule has 0 aliphatic heterocycles. The molecule has 0 N–H and O–H groups in total. The van der Waals surface area contributed by atoms with Crippen LogP contribution in [0.15, 0.2) is 47.0 Å². The maximum atomic E-state index is 14.3. The van der Waals surface area contributed by atoms with Crippen molar-refractivity contribution in [3.8, 4) is 22.6 Å². The van der Waals surface area contributed by atoms with Gasteiger partial charge in [0.1, 0.15) is 5.69 Å². The maximum Gasteiger partial charge on any atom is 0.435 e. The van der Waals surface area contributed by atoms with Crippen molar-refractivity contribution in [2.24, 2.45) is 5.92 Å². The van der Waals surface area contributed by atoms with Crippen LogP contribution in [-0.4, -0.2) is 23.3 Å². The number of hydrogen-bond donors (Lipinski definition) is 0. The predicted molar refractivity (Wildman–Crippen MR) is 114 cm³/mol. The van der Waals surface area contributed by atoms with Gasteiger partial charge in [-0.15, -0.1) is 0 Å². The molecule has 0 bridgehead atoms. The van der Waals surface area contributed by atoms with Crippen molar-refractivity contribution in [2.45, 2.75) is 37.3 Å². The van der Waals surface area contributed by atoms with Crippen LogP contribution in [0.3, 0.4) is 0 Å². The molecule has 3 aromatic rings. The van der Waals surface area contributed by atoms with Crippen LogP contribution in [0, 0.1) is 5.92 Å². The molecule has 186 valence electrons. The van der Waals surface area contributed by atoms with Crippen LogP contribution in [0.5, 0.6) is 0 Å². The lowest BCUT2D eigenvalue weighted by atomic mass is 9.93. The van der Waals surface area contributed by atoms with Gasteiger partial charge in [0.05, 0.1) is 10.0 Å². The molecule has 1 aliphatic carbocycles. The zero-order valence-electron chi connectivity index (χ0n) is 17.4. The van der Waals surface area contributed by atoms with Crippen LogP contribution in [0.2, 0.25) is 10.0 Å². The molecule has 1 fully saturated rings. The first-order valence-electron chi connectivity index (χ1n) is 10.1. The van der Waals surface area contributed by atoms with Crippen molar-refractivity contribution < 1.29 is 40.1 Å². The van der Waals surface area contributed by atoms with Gasteiger partial charge >= 0.3 is 18.0 Å². The molecule has 4 rings (SSSR count). The van der Waals surface area contributed by atoms with Gasteiger partial charge in [0.2, 0.25) is 0 Å². The molecule has 0 saturated heterocycles. The summed E-state index contributed by atoms with van der Waals surface area (Å²) < 4.78 is 97.6. The second-order valence-electron chi connectivity index (χ2n) is 8.19. The van der Waals surface area contributed by atoms with E-state index in [1.807, 2.05) is 0 Å². The zero-order valence-corrected chi connectivity index (χ0v) is 18.9. The summed E-state index contributed by atoms with van der Waals surface area (Å²) in [6.07, 6.45) is -10.2. The van der Waals surface area contributed by atoms with E-state index in [1.54, 1.807) is 6.07 Å². The van der Waals surface area contributed by atoms with Crippen LogP contribution in [0.1, 0.15) is 35.2 Å². The van der Waals surface area contributed by atoms with Gasteiger partial charge in [0.25, 0.3) is 0 Å². The highest BCUT2D eigenvalue weighted by Gasteiger charge is 2.73. The SMILES string of the molecule is O=C(CC1CC1)c1cc(-c2cc(-c3ccc(C(F)(C(F)(F)F)C(F)(F)F)cc3Cl)on2)ccc1Cl. The van der Waals surface area contributed by atoms with Crippen molar-refractivity contribution in [3.63, 3.8) is 0 Å². The zero-order chi connectivity index (χ0) is 25.8. The molecule has 2 aromatic carbocycles. The Kier molecular flexibility index (Phi) is 6.42. The van der Waals surface area contributed by atoms with E-state index in [2.05, 4.69) is 5.16 Å². The number of ketones is 1. The summed E-state index contributed by atoms with van der Waals surface area (Å²) in [5, 5.41) is 3.48. The number of carbonyl (C=O) groups excluding carboxylic acids is 1. The van der Waals surface area contributed by atoms with Gasteiger partial charge in [-0.1, -0.05) is 40.5 Å². The third-order valence-electron chi connectivity index (χ3n) is 5.66. The van der Waals surface area contributed by atoms with Crippen molar-refractivity contribution >= 4 is 29.0 Å². The highest BCUT2D eigenvalue weighted by atomic mass is 35.5. The molecule has 1 saturated carbocycles. The van der Waals surface area contributed by atoms with Gasteiger partial charge in [-0.2, -0.15) is 26.3 Å². The third kappa shape index (κ3) is 4.78. The van der Waals surface area contributed by atoms with E-state index in [9.17, 15) is 35.5 Å². The molecule has 12 heteroatoms. The molecule has 0 radical (unpaired) electrons. The number of carbonyl (C=O) groups is 1. The smallest absolute Gasteiger partial charge is 0.356 e. The van der Waals surface area contributed by atoms with Crippen molar-refractivity contribution in [3.05, 3.63) is 63.6 Å². The fourth-order valence-electron chi connectivity index (χ4n) is 3.55. The number of Topliss-reactive ketones (excluding diaryl/α,β-unsaturated/α-hetero) is 1.